The first-order valence-corrected chi connectivity index (χ1v) is 33.4. The molecule has 0 aliphatic carbocycles. The molecule has 2 aromatic carbocycles. The number of hydroxylamine groups is 2. The fraction of sp³-hybridized carbons (Fsp3) is 0.542. The number of hydrogen-bond acceptors (Lipinski definition) is 22. The molecule has 5 N–H and O–H groups in total. The van der Waals surface area contributed by atoms with Gasteiger partial charge in [-0.1, -0.05) is 45.9 Å². The molecule has 0 saturated carbocycles. The predicted octanol–water partition coefficient (Wildman–Crippen LogP) is 4.30. The lowest BCUT2D eigenvalue weighted by Crippen LogP contribution is -2.45. The number of nitrogens with zero attached hydrogens (tertiary/aromatic N) is 3. The predicted molar refractivity (Wildman–Crippen MR) is 297 cm³/mol. The van der Waals surface area contributed by atoms with E-state index in [1.807, 2.05) is 13.8 Å². The topological polar surface area (TPSA) is 339 Å². The Kier molecular flexibility index (Phi) is 20.9. The van der Waals surface area contributed by atoms with Crippen LogP contribution in [0.15, 0.2) is 48.6 Å². The third kappa shape index (κ3) is 16.1. The van der Waals surface area contributed by atoms with Crippen LogP contribution in [0.25, 0.3) is 0 Å². The summed E-state index contributed by atoms with van der Waals surface area (Å²) in [6.45, 7) is 11.7. The van der Waals surface area contributed by atoms with Crippen LogP contribution < -0.4 is 34.9 Å². The molecule has 0 aromatic heterocycles. The molecule has 5 amide bonds. The summed E-state index contributed by atoms with van der Waals surface area (Å²) in [5.41, 5.74) is 2.20. The van der Waals surface area contributed by atoms with Gasteiger partial charge in [-0.3, -0.25) is 33.1 Å². The Hall–Kier alpha value is -5.24. The number of carbonyl (C=O) groups is 6. The SMILES string of the molecule is C=C1C[C@@H]2C(OS(=O)O)Nc3cc(OCCP(=O)(CCOc4cc5c(cc4OC)C(=O)N4CC(=C)C[C@H]4C(OS(=O)O)N5)CNC(=O)CCC(C)(C)SSCCS(=O)(=O)CCC(=O)ON4C(=O)CCC4=O)c(OC)cc3C(=O)N2C1. The van der Waals surface area contributed by atoms with Gasteiger partial charge >= 0.3 is 28.7 Å². The third-order valence-corrected chi connectivity index (χ3v) is 22.2. The van der Waals surface area contributed by atoms with Crippen LogP contribution in [0.2, 0.25) is 0 Å². The van der Waals surface area contributed by atoms with Gasteiger partial charge in [0.25, 0.3) is 23.6 Å². The lowest BCUT2D eigenvalue weighted by atomic mass is 10.1. The maximum Gasteiger partial charge on any atom is 0.334 e. The number of carbonyl (C=O) groups excluding carboxylic acids is 6. The van der Waals surface area contributed by atoms with E-state index in [4.69, 9.17) is 32.2 Å². The fourth-order valence-corrected chi connectivity index (χ4v) is 16.4. The maximum absolute atomic E-state index is 15.0. The maximum atomic E-state index is 15.0. The number of hydrogen-bond donors (Lipinski definition) is 5. The first-order chi connectivity index (χ1) is 37.8. The summed E-state index contributed by atoms with van der Waals surface area (Å²) in [5, 5.41) is 9.24. The van der Waals surface area contributed by atoms with E-state index in [2.05, 4.69) is 29.1 Å². The third-order valence-electron chi connectivity index (χ3n) is 13.5. The highest BCUT2D eigenvalue weighted by Gasteiger charge is 2.44. The number of rotatable bonds is 28. The van der Waals surface area contributed by atoms with Gasteiger partial charge in [0.2, 0.25) is 5.91 Å². The van der Waals surface area contributed by atoms with Crippen molar-refractivity contribution in [2.45, 2.75) is 88.1 Å². The van der Waals surface area contributed by atoms with Crippen LogP contribution in [0.5, 0.6) is 23.0 Å². The molecule has 3 saturated heterocycles. The van der Waals surface area contributed by atoms with Gasteiger partial charge in [-0.2, -0.15) is 8.42 Å². The van der Waals surface area contributed by atoms with Crippen LogP contribution in [0.1, 0.15) is 79.5 Å². The fourth-order valence-electron chi connectivity index (χ4n) is 9.26. The number of anilines is 2. The first kappa shape index (κ1) is 62.4. The summed E-state index contributed by atoms with van der Waals surface area (Å²) >= 11 is -5.41. The van der Waals surface area contributed by atoms with Gasteiger partial charge in [-0.15, -0.1) is 5.06 Å². The van der Waals surface area contributed by atoms with E-state index in [-0.39, 0.29) is 121 Å². The molecule has 7 atom stereocenters. The minimum absolute atomic E-state index is 0.00592. The van der Waals surface area contributed by atoms with Crippen molar-refractivity contribution in [1.82, 2.24) is 20.2 Å². The molecule has 80 heavy (non-hydrogen) atoms. The van der Waals surface area contributed by atoms with Gasteiger partial charge in [0.15, 0.2) is 45.3 Å². The van der Waals surface area contributed by atoms with Gasteiger partial charge in [0.1, 0.15) is 7.14 Å². The summed E-state index contributed by atoms with van der Waals surface area (Å²) < 4.78 is 117. The molecule has 440 valence electrons. The highest BCUT2D eigenvalue weighted by molar-refractivity contribution is 8.77. The minimum Gasteiger partial charge on any atom is -0.493 e. The van der Waals surface area contributed by atoms with E-state index in [0.717, 1.165) is 11.1 Å². The van der Waals surface area contributed by atoms with E-state index in [9.17, 15) is 54.7 Å². The van der Waals surface area contributed by atoms with E-state index in [1.54, 1.807) is 0 Å². The van der Waals surface area contributed by atoms with Crippen LogP contribution in [-0.4, -0.2) is 182 Å². The number of sulfone groups is 1. The zero-order valence-corrected chi connectivity index (χ0v) is 49.1. The van der Waals surface area contributed by atoms with Gasteiger partial charge < -0.3 is 54.1 Å². The number of ether oxygens (including phenoxy) is 4. The van der Waals surface area contributed by atoms with Crippen molar-refractivity contribution >= 4 is 108 Å². The molecule has 7 rings (SSSR count). The molecule has 0 spiro atoms. The van der Waals surface area contributed by atoms with Crippen LogP contribution in [0.3, 0.4) is 0 Å². The number of nitrogens with one attached hydrogen (secondary N) is 3. The van der Waals surface area contributed by atoms with E-state index < -0.39 is 117 Å². The molecule has 32 heteroatoms. The molecular formula is C48H63N6O20PS5. The molecule has 0 radical (unpaired) electrons. The number of amides is 5. The van der Waals surface area contributed by atoms with Crippen LogP contribution >= 0.6 is 28.7 Å². The molecule has 26 nitrogen and oxygen atoms in total. The molecule has 5 unspecified atom stereocenters. The first-order valence-electron chi connectivity index (χ1n) is 24.9. The average Bonchev–Trinajstić information content (AvgIpc) is 4.06. The van der Waals surface area contributed by atoms with Crippen LogP contribution in [-0.2, 0) is 69.5 Å². The van der Waals surface area contributed by atoms with Crippen molar-refractivity contribution in [3.8, 4) is 23.0 Å². The smallest absolute Gasteiger partial charge is 0.334 e. The van der Waals surface area contributed by atoms with Crippen molar-refractivity contribution in [1.29, 1.82) is 0 Å². The van der Waals surface area contributed by atoms with Crippen LogP contribution in [0, 0.1) is 0 Å². The molecule has 3 fully saturated rings. The van der Waals surface area contributed by atoms with Crippen molar-refractivity contribution in [3.05, 3.63) is 59.7 Å². The molecule has 5 aliphatic rings. The molecule has 0 bridgehead atoms. The minimum atomic E-state index is -3.71. The standard InChI is InChI=1S/C48H63N6O20PS5/c1-28-19-34-44(73-78(62)63)50-32-23-38(36(68-5)21-30(32)46(59)52(34)25-28)70-12-14-75(61,15-13-71-39-24-33-31(22-37(39)69-6)47(60)53-26-29(2)20-35(53)45(51-33)74-79(64)65)27-49-40(55)9-11-48(3,4)77-76-16-18-80(66,67)17-10-43(58)72-54-41(56)7-8-42(54)57/h21-24,34-35,44-45,50-51H,1-2,7-20,25-27H2,3-6H3,(H,49,55)(H,62,63)(H,64,65)/t34-,35+,44?,45?,75?. The Morgan fingerprint density at radius 3 is 1.74 bits per heavy atom. The molecular weight excluding hydrogens is 1170 g/mol. The zero-order chi connectivity index (χ0) is 58.3. The zero-order valence-electron chi connectivity index (χ0n) is 44.1. The normalized spacial score (nSPS) is 21.4. The average molecular weight is 1240 g/mol. The molecule has 5 aliphatic heterocycles. The Morgan fingerprint density at radius 2 is 1.27 bits per heavy atom. The van der Waals surface area contributed by atoms with Crippen molar-refractivity contribution < 1.29 is 91.4 Å². The molecule has 2 aromatic rings. The highest BCUT2D eigenvalue weighted by atomic mass is 33.1. The lowest BCUT2D eigenvalue weighted by Gasteiger charge is -2.27. The number of imide groups is 1. The number of benzene rings is 2. The highest BCUT2D eigenvalue weighted by Crippen LogP contribution is 2.47. The summed E-state index contributed by atoms with van der Waals surface area (Å²) in [5.74, 6) is -3.77. The second-order valence-electron chi connectivity index (χ2n) is 19.8. The number of fused-ring (bicyclic) bond motifs is 4. The largest absolute Gasteiger partial charge is 0.493 e. The Bertz CT molecular complexity index is 2860. The summed E-state index contributed by atoms with van der Waals surface area (Å²) in [7, 11) is -1.88. The quantitative estimate of drug-likeness (QED) is 0.0198. The van der Waals surface area contributed by atoms with Gasteiger partial charge in [-0.05, 0) is 45.2 Å². The van der Waals surface area contributed by atoms with Crippen molar-refractivity contribution in [3.63, 3.8) is 0 Å². The van der Waals surface area contributed by atoms with Crippen LogP contribution in [0.4, 0.5) is 11.4 Å². The Morgan fingerprint density at radius 1 is 0.787 bits per heavy atom. The van der Waals surface area contributed by atoms with E-state index in [0.29, 0.717) is 24.3 Å². The summed E-state index contributed by atoms with van der Waals surface area (Å²) in [4.78, 5) is 84.5. The van der Waals surface area contributed by atoms with Crippen molar-refractivity contribution in [2.24, 2.45) is 0 Å². The second-order valence-corrected chi connectivity index (χ2v) is 29.8. The van der Waals surface area contributed by atoms with E-state index >= 15 is 4.57 Å². The Balaban J connectivity index is 1.00. The second kappa shape index (κ2) is 26.8. The lowest BCUT2D eigenvalue weighted by molar-refractivity contribution is -0.197. The van der Waals surface area contributed by atoms with Gasteiger partial charge in [0, 0.05) is 67.3 Å². The van der Waals surface area contributed by atoms with E-state index in [1.165, 1.54) is 69.9 Å². The summed E-state index contributed by atoms with van der Waals surface area (Å²) in [6.07, 6.45) is -2.59. The Labute approximate surface area is 475 Å². The number of methoxy groups -OCH3 is 2. The van der Waals surface area contributed by atoms with Gasteiger partial charge in [0.05, 0.1) is 86.2 Å². The summed E-state index contributed by atoms with van der Waals surface area (Å²) in [6, 6.07) is 4.52. The molecule has 5 heterocycles. The van der Waals surface area contributed by atoms with Gasteiger partial charge in [-0.25, -0.2) is 21.6 Å². The monoisotopic (exact) mass is 1230 g/mol. The van der Waals surface area contributed by atoms with Crippen molar-refractivity contribution in [2.75, 3.05) is 87.0 Å².